The second kappa shape index (κ2) is 7.17. The molecule has 27 heavy (non-hydrogen) atoms. The number of rotatable bonds is 2. The minimum Gasteiger partial charge on any atom is -0.491 e. The molecule has 0 aliphatic carbocycles. The minimum absolute atomic E-state index is 0.193. The van der Waals surface area contributed by atoms with Crippen molar-refractivity contribution in [3.05, 3.63) is 58.7 Å². The minimum atomic E-state index is -4.63. The van der Waals surface area contributed by atoms with E-state index in [4.69, 9.17) is 15.2 Å². The largest absolute Gasteiger partial charge is 0.491 e. The van der Waals surface area contributed by atoms with Crippen LogP contribution < -0.4 is 15.1 Å². The number of anilines is 1. The highest BCUT2D eigenvalue weighted by molar-refractivity contribution is 5.93. The maximum atomic E-state index is 13.2. The van der Waals surface area contributed by atoms with Gasteiger partial charge in [-0.25, -0.2) is 5.48 Å². The molecule has 0 unspecified atom stereocenters. The fourth-order valence-electron chi connectivity index (χ4n) is 2.86. The normalized spacial score (nSPS) is 13.8. The lowest BCUT2D eigenvalue weighted by molar-refractivity contribution is -0.137. The number of benzene rings is 2. The number of hydrogen-bond acceptors (Lipinski definition) is 5. The maximum absolute atomic E-state index is 13.2. The smallest absolute Gasteiger partial charge is 0.417 e. The predicted octanol–water partition coefficient (Wildman–Crippen LogP) is 3.10. The molecule has 0 aromatic heterocycles. The number of hydrogen-bond donors (Lipinski definition) is 2. The molecule has 2 aromatic rings. The first kappa shape index (κ1) is 18.5. The quantitative estimate of drug-likeness (QED) is 0.621. The Labute approximate surface area is 152 Å². The summed E-state index contributed by atoms with van der Waals surface area (Å²) in [6.45, 7) is 0.775. The van der Waals surface area contributed by atoms with Gasteiger partial charge in [-0.2, -0.15) is 18.4 Å². The second-order valence-electron chi connectivity index (χ2n) is 5.87. The number of nitrogens with zero attached hydrogens (tertiary/aromatic N) is 2. The van der Waals surface area contributed by atoms with Gasteiger partial charge in [0.15, 0.2) is 0 Å². The molecular formula is C18H14F3N3O3. The first-order valence-electron chi connectivity index (χ1n) is 7.90. The summed E-state index contributed by atoms with van der Waals surface area (Å²) >= 11 is 0. The Hall–Kier alpha value is -3.25. The zero-order valence-corrected chi connectivity index (χ0v) is 13.9. The predicted molar refractivity (Wildman–Crippen MR) is 88.4 cm³/mol. The average molecular weight is 377 g/mol. The number of halogens is 3. The van der Waals surface area contributed by atoms with Gasteiger partial charge in [0.1, 0.15) is 12.4 Å². The van der Waals surface area contributed by atoms with Crippen molar-refractivity contribution in [1.29, 1.82) is 5.26 Å². The van der Waals surface area contributed by atoms with E-state index in [1.165, 1.54) is 23.7 Å². The Morgan fingerprint density at radius 3 is 2.70 bits per heavy atom. The number of ether oxygens (including phenoxy) is 1. The first-order valence-corrected chi connectivity index (χ1v) is 7.90. The van der Waals surface area contributed by atoms with Crippen LogP contribution in [0.3, 0.4) is 0 Å². The van der Waals surface area contributed by atoms with Gasteiger partial charge in [0, 0.05) is 23.4 Å². The van der Waals surface area contributed by atoms with Crippen molar-refractivity contribution >= 4 is 11.6 Å². The van der Waals surface area contributed by atoms with Crippen molar-refractivity contribution in [2.75, 3.05) is 18.1 Å². The molecule has 2 aromatic carbocycles. The lowest BCUT2D eigenvalue weighted by Crippen LogP contribution is -2.25. The van der Waals surface area contributed by atoms with E-state index >= 15 is 0 Å². The highest BCUT2D eigenvalue weighted by Crippen LogP contribution is 2.35. The lowest BCUT2D eigenvalue weighted by atomic mass is 10.1. The molecule has 0 saturated carbocycles. The molecular weight excluding hydrogens is 363 g/mol. The van der Waals surface area contributed by atoms with Gasteiger partial charge in [0.05, 0.1) is 23.7 Å². The molecule has 1 heterocycles. The lowest BCUT2D eigenvalue weighted by Gasteiger charge is -2.23. The van der Waals surface area contributed by atoms with E-state index in [-0.39, 0.29) is 18.7 Å². The van der Waals surface area contributed by atoms with Gasteiger partial charge in [0.25, 0.3) is 5.91 Å². The zero-order chi connectivity index (χ0) is 19.6. The van der Waals surface area contributed by atoms with Crippen LogP contribution in [0.25, 0.3) is 0 Å². The fourth-order valence-corrected chi connectivity index (χ4v) is 2.86. The summed E-state index contributed by atoms with van der Waals surface area (Å²) in [5.74, 6) is -0.271. The second-order valence-corrected chi connectivity index (χ2v) is 5.87. The number of carbonyl (C=O) groups is 1. The summed E-state index contributed by atoms with van der Waals surface area (Å²) in [5.41, 5.74) is 1.31. The summed E-state index contributed by atoms with van der Waals surface area (Å²) in [4.78, 5) is 13.2. The third-order valence-electron chi connectivity index (χ3n) is 4.21. The highest BCUT2D eigenvalue weighted by Gasteiger charge is 2.34. The Kier molecular flexibility index (Phi) is 4.92. The topological polar surface area (TPSA) is 85.6 Å². The molecule has 1 amide bonds. The fraction of sp³-hybridized carbons (Fsp3) is 0.222. The van der Waals surface area contributed by atoms with Gasteiger partial charge in [-0.15, -0.1) is 0 Å². The summed E-state index contributed by atoms with van der Waals surface area (Å²) in [5, 5.41) is 17.6. The van der Waals surface area contributed by atoms with Crippen molar-refractivity contribution in [3.8, 4) is 11.8 Å². The Balaban J connectivity index is 1.94. The van der Waals surface area contributed by atoms with Gasteiger partial charge in [-0.1, -0.05) is 6.07 Å². The van der Waals surface area contributed by atoms with Crippen LogP contribution in [0, 0.1) is 11.3 Å². The van der Waals surface area contributed by atoms with Crippen LogP contribution in [0.1, 0.15) is 27.0 Å². The highest BCUT2D eigenvalue weighted by atomic mass is 19.4. The van der Waals surface area contributed by atoms with Crippen LogP contribution in [-0.4, -0.2) is 24.3 Å². The third-order valence-corrected chi connectivity index (χ3v) is 4.21. The number of nitriles is 1. The third kappa shape index (κ3) is 3.80. The van der Waals surface area contributed by atoms with Gasteiger partial charge < -0.3 is 9.64 Å². The van der Waals surface area contributed by atoms with Crippen LogP contribution in [0.2, 0.25) is 0 Å². The van der Waals surface area contributed by atoms with Crippen LogP contribution >= 0.6 is 0 Å². The molecule has 0 spiro atoms. The standard InChI is InChI=1S/C18H14F3N3O3/c19-18(20,21)15-8-14(4-3-12(15)9-22)24-5-6-27-16-7-11(17(25)23-26)1-2-13(16)10-24/h1-4,7-8,26H,5-6,10H2,(H,23,25). The van der Waals surface area contributed by atoms with Crippen molar-refractivity contribution < 1.29 is 27.9 Å². The van der Waals surface area contributed by atoms with Crippen molar-refractivity contribution in [2.24, 2.45) is 0 Å². The van der Waals surface area contributed by atoms with Crippen LogP contribution in [-0.2, 0) is 12.7 Å². The summed E-state index contributed by atoms with van der Waals surface area (Å²) in [6, 6.07) is 9.70. The van der Waals surface area contributed by atoms with Crippen LogP contribution in [0.5, 0.6) is 5.75 Å². The number of fused-ring (bicyclic) bond motifs is 1. The molecule has 140 valence electrons. The molecule has 1 aliphatic rings. The Morgan fingerprint density at radius 2 is 2.04 bits per heavy atom. The number of amides is 1. The van der Waals surface area contributed by atoms with Gasteiger partial charge in [-0.05, 0) is 30.3 Å². The molecule has 0 fully saturated rings. The number of hydroxylamine groups is 1. The van der Waals surface area contributed by atoms with E-state index in [9.17, 15) is 18.0 Å². The molecule has 1 aliphatic heterocycles. The monoisotopic (exact) mass is 377 g/mol. The molecule has 0 saturated heterocycles. The first-order chi connectivity index (χ1) is 12.8. The summed E-state index contributed by atoms with van der Waals surface area (Å²) < 4.78 is 45.2. The summed E-state index contributed by atoms with van der Waals surface area (Å²) in [7, 11) is 0. The van der Waals surface area contributed by atoms with E-state index in [0.29, 0.717) is 23.5 Å². The van der Waals surface area contributed by atoms with Crippen molar-refractivity contribution in [3.63, 3.8) is 0 Å². The molecule has 9 heteroatoms. The van der Waals surface area contributed by atoms with E-state index in [1.54, 1.807) is 17.0 Å². The van der Waals surface area contributed by atoms with E-state index in [1.807, 2.05) is 0 Å². The number of carbonyl (C=O) groups excluding carboxylic acids is 1. The molecule has 2 N–H and O–H groups in total. The Morgan fingerprint density at radius 1 is 1.26 bits per heavy atom. The average Bonchev–Trinajstić information content (AvgIpc) is 2.87. The summed E-state index contributed by atoms with van der Waals surface area (Å²) in [6.07, 6.45) is -4.63. The van der Waals surface area contributed by atoms with Gasteiger partial charge >= 0.3 is 6.18 Å². The Bertz CT molecular complexity index is 922. The molecule has 3 rings (SSSR count). The molecule has 0 atom stereocenters. The van der Waals surface area contributed by atoms with Crippen molar-refractivity contribution in [1.82, 2.24) is 5.48 Å². The van der Waals surface area contributed by atoms with E-state index in [2.05, 4.69) is 0 Å². The van der Waals surface area contributed by atoms with Gasteiger partial charge in [0.2, 0.25) is 0 Å². The molecule has 0 bridgehead atoms. The number of nitrogens with one attached hydrogen (secondary N) is 1. The SMILES string of the molecule is N#Cc1ccc(N2CCOc3cc(C(=O)NO)ccc3C2)cc1C(F)(F)F. The molecule has 0 radical (unpaired) electrons. The van der Waals surface area contributed by atoms with Crippen LogP contribution in [0.4, 0.5) is 18.9 Å². The zero-order valence-electron chi connectivity index (χ0n) is 13.9. The van der Waals surface area contributed by atoms with E-state index < -0.39 is 23.2 Å². The number of alkyl halides is 3. The van der Waals surface area contributed by atoms with Crippen molar-refractivity contribution in [2.45, 2.75) is 12.7 Å². The van der Waals surface area contributed by atoms with Gasteiger partial charge in [-0.3, -0.25) is 10.0 Å². The van der Waals surface area contributed by atoms with Crippen LogP contribution in [0.15, 0.2) is 36.4 Å². The molecule has 6 nitrogen and oxygen atoms in total. The maximum Gasteiger partial charge on any atom is 0.417 e. The van der Waals surface area contributed by atoms with E-state index in [0.717, 1.165) is 12.1 Å².